The van der Waals surface area contributed by atoms with Gasteiger partial charge in [0.1, 0.15) is 11.4 Å². The van der Waals surface area contributed by atoms with Crippen LogP contribution in [0.3, 0.4) is 0 Å². The number of hydrogen-bond donors (Lipinski definition) is 4. The van der Waals surface area contributed by atoms with Gasteiger partial charge >= 0.3 is 6.18 Å². The number of carbonyl (C=O) groups excluding carboxylic acids is 1. The summed E-state index contributed by atoms with van der Waals surface area (Å²) in [6.07, 6.45) is -4.44. The molecule has 6 nitrogen and oxygen atoms in total. The number of hydrogen-bond acceptors (Lipinski definition) is 5. The van der Waals surface area contributed by atoms with Crippen molar-refractivity contribution < 1.29 is 22.7 Å². The zero-order chi connectivity index (χ0) is 27.5. The molecule has 0 spiro atoms. The molecule has 2 aliphatic rings. The van der Waals surface area contributed by atoms with Gasteiger partial charge in [-0.25, -0.2) is 0 Å². The van der Waals surface area contributed by atoms with Gasteiger partial charge in [0, 0.05) is 17.7 Å². The molecule has 3 aromatic carbocycles. The summed E-state index contributed by atoms with van der Waals surface area (Å²) >= 11 is 0. The highest BCUT2D eigenvalue weighted by Gasteiger charge is 2.40. The fraction of sp³-hybridized carbons (Fsp3) is 0.345. The molecule has 1 atom stereocenters. The topological polar surface area (TPSA) is 74.4 Å². The molecule has 0 fully saturated rings. The smallest absolute Gasteiger partial charge is 0.418 e. The summed E-state index contributed by atoms with van der Waals surface area (Å²) in [7, 11) is 0. The molecule has 0 saturated heterocycles. The molecule has 0 radical (unpaired) electrons. The number of amides is 1. The number of anilines is 4. The van der Waals surface area contributed by atoms with Crippen LogP contribution >= 0.6 is 0 Å². The average molecular weight is 525 g/mol. The first-order valence-corrected chi connectivity index (χ1v) is 12.5. The van der Waals surface area contributed by atoms with Crippen LogP contribution in [0.25, 0.3) is 0 Å². The van der Waals surface area contributed by atoms with E-state index in [1.807, 2.05) is 32.0 Å². The fourth-order valence-electron chi connectivity index (χ4n) is 5.05. The van der Waals surface area contributed by atoms with Crippen LogP contribution in [0.2, 0.25) is 0 Å². The molecule has 2 heterocycles. The largest absolute Gasteiger partial charge is 0.486 e. The van der Waals surface area contributed by atoms with Crippen LogP contribution in [0, 0.1) is 0 Å². The van der Waals surface area contributed by atoms with Crippen molar-refractivity contribution in [3.8, 4) is 5.75 Å². The zero-order valence-corrected chi connectivity index (χ0v) is 21.9. The molecule has 4 N–H and O–H groups in total. The van der Waals surface area contributed by atoms with Gasteiger partial charge in [-0.1, -0.05) is 51.1 Å². The minimum atomic E-state index is -4.60. The molecule has 0 aromatic heterocycles. The van der Waals surface area contributed by atoms with Crippen molar-refractivity contribution >= 4 is 28.7 Å². The highest BCUT2D eigenvalue weighted by molar-refractivity contribution is 6.09. The predicted octanol–water partition coefficient (Wildman–Crippen LogP) is 7.20. The monoisotopic (exact) mass is 524 g/mol. The van der Waals surface area contributed by atoms with E-state index in [0.717, 1.165) is 28.6 Å². The maximum absolute atomic E-state index is 13.5. The van der Waals surface area contributed by atoms with Crippen LogP contribution in [-0.4, -0.2) is 17.8 Å². The fourth-order valence-corrected chi connectivity index (χ4v) is 5.05. The van der Waals surface area contributed by atoms with Gasteiger partial charge < -0.3 is 26.0 Å². The molecule has 5 rings (SSSR count). The molecule has 3 aromatic rings. The lowest BCUT2D eigenvalue weighted by Crippen LogP contribution is -2.32. The number of nitrogens with one attached hydrogen (secondary N) is 4. The average Bonchev–Trinajstić information content (AvgIpc) is 3.36. The van der Waals surface area contributed by atoms with Crippen molar-refractivity contribution in [2.75, 3.05) is 21.3 Å². The summed E-state index contributed by atoms with van der Waals surface area (Å²) in [6, 6.07) is 14.6. The van der Waals surface area contributed by atoms with E-state index in [4.69, 9.17) is 4.74 Å². The quantitative estimate of drug-likeness (QED) is 0.290. The van der Waals surface area contributed by atoms with Crippen LogP contribution < -0.4 is 26.0 Å². The standard InChI is InChI=1S/C29H31F3N4O2/c1-27(2,3)18-10-6-8-12-20(18)34-26-35-22-14-16(24-17(23(22)36-26)15-28(4,5)38-24)25(37)33-21-13-9-7-11-19(21)29(30,31)32/h6-14,26,34-36H,15H2,1-5H3,(H,33,37). The van der Waals surface area contributed by atoms with E-state index in [9.17, 15) is 18.0 Å². The minimum Gasteiger partial charge on any atom is -0.486 e. The molecular formula is C29H31F3N4O2. The van der Waals surface area contributed by atoms with E-state index in [1.165, 1.54) is 18.2 Å². The molecule has 0 saturated carbocycles. The lowest BCUT2D eigenvalue weighted by molar-refractivity contribution is -0.136. The second kappa shape index (κ2) is 8.85. The van der Waals surface area contributed by atoms with E-state index >= 15 is 0 Å². The van der Waals surface area contributed by atoms with Crippen LogP contribution in [-0.2, 0) is 18.0 Å². The third-order valence-electron chi connectivity index (χ3n) is 6.71. The first-order chi connectivity index (χ1) is 17.7. The summed E-state index contributed by atoms with van der Waals surface area (Å²) in [5.74, 6) is -0.296. The highest BCUT2D eigenvalue weighted by atomic mass is 19.4. The SMILES string of the molecule is CC1(C)Cc2c3c(cc(C(=O)Nc4ccccc4C(F)(F)F)c2O1)NC(Nc1ccccc1C(C)(C)C)N3. The van der Waals surface area contributed by atoms with Gasteiger partial charge in [0.15, 0.2) is 6.29 Å². The van der Waals surface area contributed by atoms with Crippen molar-refractivity contribution in [3.63, 3.8) is 0 Å². The lowest BCUT2D eigenvalue weighted by atomic mass is 9.86. The Bertz CT molecular complexity index is 1410. The van der Waals surface area contributed by atoms with Crippen molar-refractivity contribution in [3.05, 3.63) is 76.9 Å². The lowest BCUT2D eigenvalue weighted by Gasteiger charge is -2.25. The second-order valence-electron chi connectivity index (χ2n) is 11.4. The normalized spacial score (nSPS) is 17.5. The summed E-state index contributed by atoms with van der Waals surface area (Å²) in [6.45, 7) is 10.3. The molecule has 2 aliphatic heterocycles. The number of halogens is 3. The number of fused-ring (bicyclic) bond motifs is 3. The number of carbonyl (C=O) groups is 1. The molecule has 0 bridgehead atoms. The maximum atomic E-state index is 13.5. The maximum Gasteiger partial charge on any atom is 0.418 e. The third kappa shape index (κ3) is 4.85. The van der Waals surface area contributed by atoms with Gasteiger partial charge in [-0.3, -0.25) is 4.79 Å². The van der Waals surface area contributed by atoms with Gasteiger partial charge in [0.2, 0.25) is 0 Å². The van der Waals surface area contributed by atoms with Gasteiger partial charge in [0.25, 0.3) is 5.91 Å². The number of rotatable bonds is 4. The first kappa shape index (κ1) is 25.8. The molecular weight excluding hydrogens is 493 g/mol. The Hall–Kier alpha value is -3.88. The van der Waals surface area contributed by atoms with Crippen LogP contribution in [0.4, 0.5) is 35.9 Å². The molecule has 1 amide bonds. The van der Waals surface area contributed by atoms with Gasteiger partial charge in [-0.05, 0) is 49.1 Å². The Balaban J connectivity index is 1.47. The van der Waals surface area contributed by atoms with E-state index in [-0.39, 0.29) is 23.0 Å². The van der Waals surface area contributed by atoms with Gasteiger partial charge in [-0.15, -0.1) is 0 Å². The van der Waals surface area contributed by atoms with Crippen LogP contribution in [0.1, 0.15) is 61.7 Å². The molecule has 200 valence electrons. The second-order valence-corrected chi connectivity index (χ2v) is 11.4. The van der Waals surface area contributed by atoms with Crippen LogP contribution in [0.5, 0.6) is 5.75 Å². The van der Waals surface area contributed by atoms with Crippen molar-refractivity contribution in [1.29, 1.82) is 0 Å². The van der Waals surface area contributed by atoms with E-state index in [2.05, 4.69) is 48.1 Å². The van der Waals surface area contributed by atoms with E-state index in [0.29, 0.717) is 17.9 Å². The Morgan fingerprint density at radius 1 is 0.974 bits per heavy atom. The predicted molar refractivity (Wildman–Crippen MR) is 144 cm³/mol. The number of benzene rings is 3. The minimum absolute atomic E-state index is 0.0773. The Morgan fingerprint density at radius 3 is 2.26 bits per heavy atom. The van der Waals surface area contributed by atoms with Crippen molar-refractivity contribution in [1.82, 2.24) is 0 Å². The number of para-hydroxylation sites is 2. The first-order valence-electron chi connectivity index (χ1n) is 12.5. The van der Waals surface area contributed by atoms with Crippen molar-refractivity contribution in [2.45, 2.75) is 64.5 Å². The summed E-state index contributed by atoms with van der Waals surface area (Å²) < 4.78 is 46.7. The van der Waals surface area contributed by atoms with Crippen molar-refractivity contribution in [2.24, 2.45) is 0 Å². The molecule has 0 aliphatic carbocycles. The number of alkyl halides is 3. The molecule has 9 heteroatoms. The zero-order valence-electron chi connectivity index (χ0n) is 21.9. The highest BCUT2D eigenvalue weighted by Crippen LogP contribution is 2.48. The summed E-state index contributed by atoms with van der Waals surface area (Å²) in [5.41, 5.74) is 2.71. The summed E-state index contributed by atoms with van der Waals surface area (Å²) in [5, 5.41) is 12.8. The Kier molecular flexibility index (Phi) is 6.00. The molecule has 1 unspecified atom stereocenters. The summed E-state index contributed by atoms with van der Waals surface area (Å²) in [4.78, 5) is 13.4. The van der Waals surface area contributed by atoms with E-state index in [1.54, 1.807) is 6.07 Å². The Morgan fingerprint density at radius 2 is 1.61 bits per heavy atom. The third-order valence-corrected chi connectivity index (χ3v) is 6.71. The Labute approximate surface area is 220 Å². The van der Waals surface area contributed by atoms with E-state index < -0.39 is 23.2 Å². The van der Waals surface area contributed by atoms with Gasteiger partial charge in [-0.2, -0.15) is 13.2 Å². The van der Waals surface area contributed by atoms with Crippen LogP contribution in [0.15, 0.2) is 54.6 Å². The molecule has 38 heavy (non-hydrogen) atoms. The number of ether oxygens (including phenoxy) is 1. The van der Waals surface area contributed by atoms with Gasteiger partial charge in [0.05, 0.1) is 28.2 Å².